The Bertz CT molecular complexity index is 643. The second-order valence-electron chi connectivity index (χ2n) is 13.5. The maximum atomic E-state index is 12.8. The first-order valence-electron chi connectivity index (χ1n) is 12.5. The van der Waals surface area contributed by atoms with Crippen molar-refractivity contribution in [3.05, 3.63) is 0 Å². The maximum Gasteiger partial charge on any atom is 0.219 e. The Morgan fingerprint density at radius 1 is 0.606 bits per heavy atom. The number of carbonyl (C=O) groups is 3. The lowest BCUT2D eigenvalue weighted by atomic mass is 9.83. The predicted molar refractivity (Wildman–Crippen MR) is 138 cm³/mol. The highest BCUT2D eigenvalue weighted by Gasteiger charge is 2.32. The second-order valence-corrected chi connectivity index (χ2v) is 13.5. The average Bonchev–Trinajstić information content (AvgIpc) is 2.58. The molecule has 0 spiro atoms. The van der Waals surface area contributed by atoms with Gasteiger partial charge in [0.1, 0.15) is 0 Å². The number of rotatable bonds is 12. The molecule has 0 fully saturated rings. The molecule has 194 valence electrons. The zero-order valence-corrected chi connectivity index (χ0v) is 23.6. The monoisotopic (exact) mass is 467 g/mol. The van der Waals surface area contributed by atoms with Gasteiger partial charge < -0.3 is 16.0 Å². The maximum absolute atomic E-state index is 12.8. The lowest BCUT2D eigenvalue weighted by molar-refractivity contribution is -0.130. The third-order valence-corrected chi connectivity index (χ3v) is 5.21. The van der Waals surface area contributed by atoms with Crippen LogP contribution < -0.4 is 16.0 Å². The van der Waals surface area contributed by atoms with Gasteiger partial charge in [-0.1, -0.05) is 41.5 Å². The van der Waals surface area contributed by atoms with Crippen LogP contribution in [0.2, 0.25) is 0 Å². The molecule has 3 N–H and O–H groups in total. The molecule has 0 aromatic rings. The molecule has 6 heteroatoms. The van der Waals surface area contributed by atoms with Gasteiger partial charge in [0, 0.05) is 34.9 Å². The van der Waals surface area contributed by atoms with Crippen LogP contribution in [-0.2, 0) is 14.4 Å². The molecule has 0 aliphatic carbocycles. The molecule has 0 radical (unpaired) electrons. The van der Waals surface area contributed by atoms with Crippen LogP contribution in [0.4, 0.5) is 0 Å². The second kappa shape index (κ2) is 12.4. The third kappa shape index (κ3) is 14.6. The van der Waals surface area contributed by atoms with Gasteiger partial charge in [-0.2, -0.15) is 0 Å². The first-order chi connectivity index (χ1) is 14.6. The van der Waals surface area contributed by atoms with Crippen molar-refractivity contribution in [2.45, 2.75) is 138 Å². The van der Waals surface area contributed by atoms with Crippen molar-refractivity contribution in [2.75, 3.05) is 6.54 Å². The van der Waals surface area contributed by atoms with Gasteiger partial charge >= 0.3 is 0 Å². The van der Waals surface area contributed by atoms with Crippen LogP contribution in [0, 0.1) is 10.8 Å². The van der Waals surface area contributed by atoms with Crippen molar-refractivity contribution in [3.8, 4) is 0 Å². The van der Waals surface area contributed by atoms with Crippen LogP contribution in [0.1, 0.15) is 115 Å². The van der Waals surface area contributed by atoms with Crippen molar-refractivity contribution >= 4 is 17.5 Å². The SMILES string of the molecule is CC(C)(C)NC(CCCNC(=O)CCCC(NC(C)(C)C)C(=O)C(C)(C)C)C(=O)C(C)(C)C. The Morgan fingerprint density at radius 2 is 0.970 bits per heavy atom. The largest absolute Gasteiger partial charge is 0.356 e. The van der Waals surface area contributed by atoms with E-state index in [1.165, 1.54) is 0 Å². The Hall–Kier alpha value is -1.27. The Balaban J connectivity index is 4.64. The lowest BCUT2D eigenvalue weighted by Gasteiger charge is -2.32. The number of hydrogen-bond acceptors (Lipinski definition) is 5. The molecule has 2 unspecified atom stereocenters. The third-order valence-electron chi connectivity index (χ3n) is 5.21. The molecule has 0 aromatic carbocycles. The van der Waals surface area contributed by atoms with E-state index >= 15 is 0 Å². The zero-order valence-electron chi connectivity index (χ0n) is 23.6. The first-order valence-corrected chi connectivity index (χ1v) is 12.5. The molecule has 0 heterocycles. The van der Waals surface area contributed by atoms with Gasteiger partial charge in [-0.15, -0.1) is 0 Å². The summed E-state index contributed by atoms with van der Waals surface area (Å²) in [6, 6.07) is -0.486. The topological polar surface area (TPSA) is 87.3 Å². The standard InChI is InChI=1S/C27H53N3O3/c1-24(2,3)22(32)19(29-26(7,8)9)15-13-17-21(31)28-18-14-16-20(30-27(10,11)12)23(33)25(4,5)6/h19-20,29-30H,13-18H2,1-12H3,(H,28,31). The molecule has 33 heavy (non-hydrogen) atoms. The van der Waals surface area contributed by atoms with Gasteiger partial charge in [-0.05, 0) is 67.2 Å². The fourth-order valence-electron chi connectivity index (χ4n) is 3.72. The van der Waals surface area contributed by atoms with Crippen molar-refractivity contribution in [1.82, 2.24) is 16.0 Å². The van der Waals surface area contributed by atoms with Crippen LogP contribution in [0.15, 0.2) is 0 Å². The van der Waals surface area contributed by atoms with E-state index in [9.17, 15) is 14.4 Å². The van der Waals surface area contributed by atoms with Crippen LogP contribution >= 0.6 is 0 Å². The minimum Gasteiger partial charge on any atom is -0.356 e. The minimum atomic E-state index is -0.423. The summed E-state index contributed by atoms with van der Waals surface area (Å²) in [7, 11) is 0. The van der Waals surface area contributed by atoms with Gasteiger partial charge in [0.2, 0.25) is 5.91 Å². The van der Waals surface area contributed by atoms with Gasteiger partial charge in [-0.3, -0.25) is 14.4 Å². The highest BCUT2D eigenvalue weighted by Crippen LogP contribution is 2.22. The Kier molecular flexibility index (Phi) is 12.0. The molecule has 0 aliphatic rings. The summed E-state index contributed by atoms with van der Waals surface area (Å²) in [5, 5.41) is 9.84. The normalized spacial score (nSPS) is 15.2. The van der Waals surface area contributed by atoms with Gasteiger partial charge in [0.15, 0.2) is 11.6 Å². The number of nitrogens with one attached hydrogen (secondary N) is 3. The molecule has 0 saturated carbocycles. The Labute approximate surface area is 203 Å². The van der Waals surface area contributed by atoms with Crippen molar-refractivity contribution in [3.63, 3.8) is 0 Å². The van der Waals surface area contributed by atoms with Crippen molar-refractivity contribution < 1.29 is 14.4 Å². The predicted octanol–water partition coefficient (Wildman–Crippen LogP) is 4.80. The molecule has 1 amide bonds. The summed E-state index contributed by atoms with van der Waals surface area (Å²) in [5.74, 6) is 0.374. The summed E-state index contributed by atoms with van der Waals surface area (Å²) in [6.07, 6.45) is 3.10. The molecule has 6 nitrogen and oxygen atoms in total. The summed E-state index contributed by atoms with van der Waals surface area (Å²) < 4.78 is 0. The summed E-state index contributed by atoms with van der Waals surface area (Å²) in [6.45, 7) is 24.5. The smallest absolute Gasteiger partial charge is 0.219 e. The number of ketones is 2. The van der Waals surface area contributed by atoms with E-state index in [1.54, 1.807) is 0 Å². The number of Topliss-reactive ketones (excluding diaryl/α,β-unsaturated/α-hetero) is 2. The summed E-state index contributed by atoms with van der Waals surface area (Å²) >= 11 is 0. The van der Waals surface area contributed by atoms with Crippen LogP contribution in [-0.4, -0.2) is 47.2 Å². The molecule has 0 saturated heterocycles. The van der Waals surface area contributed by atoms with E-state index < -0.39 is 10.8 Å². The quantitative estimate of drug-likeness (QED) is 0.359. The minimum absolute atomic E-state index is 0.00445. The highest BCUT2D eigenvalue weighted by molar-refractivity contribution is 5.89. The first kappa shape index (κ1) is 31.7. The Morgan fingerprint density at radius 3 is 1.30 bits per heavy atom. The molecular formula is C27H53N3O3. The number of amides is 1. The molecule has 0 aromatic heterocycles. The zero-order chi connectivity index (χ0) is 26.3. The van der Waals surface area contributed by atoms with Crippen LogP contribution in [0.5, 0.6) is 0 Å². The molecule has 0 rings (SSSR count). The summed E-state index contributed by atoms with van der Waals surface area (Å²) in [5.41, 5.74) is -1.16. The van der Waals surface area contributed by atoms with Gasteiger partial charge in [0.25, 0.3) is 0 Å². The lowest BCUT2D eigenvalue weighted by Crippen LogP contribution is -2.51. The fraction of sp³-hybridized carbons (Fsp3) is 0.889. The molecule has 0 bridgehead atoms. The fourth-order valence-corrected chi connectivity index (χ4v) is 3.72. The molecule has 0 aliphatic heterocycles. The van der Waals surface area contributed by atoms with Gasteiger partial charge in [0.05, 0.1) is 12.1 Å². The van der Waals surface area contributed by atoms with Crippen LogP contribution in [0.25, 0.3) is 0 Å². The highest BCUT2D eigenvalue weighted by atomic mass is 16.2. The molecular weight excluding hydrogens is 414 g/mol. The number of carbonyl (C=O) groups excluding carboxylic acids is 3. The van der Waals surface area contributed by atoms with Crippen molar-refractivity contribution in [2.24, 2.45) is 10.8 Å². The van der Waals surface area contributed by atoms with E-state index in [0.717, 1.165) is 6.42 Å². The van der Waals surface area contributed by atoms with E-state index in [1.807, 2.05) is 41.5 Å². The van der Waals surface area contributed by atoms with Crippen molar-refractivity contribution in [1.29, 1.82) is 0 Å². The van der Waals surface area contributed by atoms with E-state index in [2.05, 4.69) is 57.5 Å². The summed E-state index contributed by atoms with van der Waals surface area (Å²) in [4.78, 5) is 38.0. The average molecular weight is 468 g/mol. The van der Waals surface area contributed by atoms with Gasteiger partial charge in [-0.25, -0.2) is 0 Å². The van der Waals surface area contributed by atoms with E-state index in [0.29, 0.717) is 32.2 Å². The number of hydrogen-bond donors (Lipinski definition) is 3. The van der Waals surface area contributed by atoms with E-state index in [4.69, 9.17) is 0 Å². The van der Waals surface area contributed by atoms with E-state index in [-0.39, 0.29) is 40.6 Å². The van der Waals surface area contributed by atoms with Crippen LogP contribution in [0.3, 0.4) is 0 Å². The molecule has 2 atom stereocenters.